The minimum absolute atomic E-state index is 0.144. The summed E-state index contributed by atoms with van der Waals surface area (Å²) in [5.74, 6) is -0.197. The lowest BCUT2D eigenvalue weighted by atomic mass is 10.1. The van der Waals surface area contributed by atoms with Crippen LogP contribution in [-0.2, 0) is 11.2 Å². The van der Waals surface area contributed by atoms with Gasteiger partial charge < -0.3 is 9.80 Å². The van der Waals surface area contributed by atoms with E-state index < -0.39 is 11.5 Å². The molecular formula is C30H30ClFN6O2. The zero-order chi connectivity index (χ0) is 28.6. The van der Waals surface area contributed by atoms with Crippen LogP contribution in [0.2, 0.25) is 5.02 Å². The number of aromatic nitrogens is 4. The number of carbonyl (C=O) groups is 1. The van der Waals surface area contributed by atoms with Crippen LogP contribution < -0.4 is 10.6 Å². The first-order chi connectivity index (χ1) is 19.2. The molecule has 4 heterocycles. The molecule has 206 valence electrons. The summed E-state index contributed by atoms with van der Waals surface area (Å²) in [4.78, 5) is 43.8. The average molecular weight is 561 g/mol. The molecule has 8 nitrogen and oxygen atoms in total. The fourth-order valence-electron chi connectivity index (χ4n) is 5.30. The van der Waals surface area contributed by atoms with Crippen molar-refractivity contribution < 1.29 is 9.18 Å². The summed E-state index contributed by atoms with van der Waals surface area (Å²) in [6, 6.07) is 9.65. The Labute approximate surface area is 236 Å². The number of aryl methyl sites for hydroxylation is 2. The zero-order valence-corrected chi connectivity index (χ0v) is 23.5. The molecule has 40 heavy (non-hydrogen) atoms. The molecule has 0 saturated carbocycles. The Hall–Kier alpha value is -4.11. The van der Waals surface area contributed by atoms with E-state index in [1.54, 1.807) is 35.4 Å². The monoisotopic (exact) mass is 560 g/mol. The lowest BCUT2D eigenvalue weighted by molar-refractivity contribution is -0.126. The molecule has 1 amide bonds. The molecule has 0 aliphatic carbocycles. The average Bonchev–Trinajstić information content (AvgIpc) is 2.94. The Kier molecular flexibility index (Phi) is 7.67. The first-order valence-electron chi connectivity index (χ1n) is 13.3. The first-order valence-corrected chi connectivity index (χ1v) is 13.6. The van der Waals surface area contributed by atoms with Gasteiger partial charge in [0.2, 0.25) is 5.91 Å². The molecule has 1 aliphatic rings. The normalized spacial score (nSPS) is 15.5. The lowest BCUT2D eigenvalue weighted by Crippen LogP contribution is -2.54. The van der Waals surface area contributed by atoms with E-state index in [1.165, 1.54) is 16.7 Å². The number of pyridine rings is 2. The lowest BCUT2D eigenvalue weighted by Gasteiger charge is -2.40. The van der Waals surface area contributed by atoms with Gasteiger partial charge in [-0.1, -0.05) is 43.7 Å². The molecule has 1 fully saturated rings. The van der Waals surface area contributed by atoms with Crippen LogP contribution in [0.3, 0.4) is 0 Å². The molecule has 1 aromatic carbocycles. The van der Waals surface area contributed by atoms with Crippen LogP contribution in [-0.4, -0.2) is 56.0 Å². The van der Waals surface area contributed by atoms with E-state index in [0.717, 1.165) is 17.7 Å². The first kappa shape index (κ1) is 27.5. The summed E-state index contributed by atoms with van der Waals surface area (Å²) in [5.41, 5.74) is 2.44. The smallest absolute Gasteiger partial charge is 0.350 e. The standard InChI is InChI=1S/C30H30ClFN6O2/c1-5-9-24-27(18(3)12-13-33-24)38-29-21(16-22(31)26(34-29)20-10-7-8-11-23(20)32)28(35-30(38)40)37-15-14-36(17-19(37)4)25(39)6-2/h6-8,10-13,16,19H,2,5,9,14-15,17H2,1,3-4H3/t19-/m0/s1. The number of hydrogen-bond donors (Lipinski definition) is 0. The van der Waals surface area contributed by atoms with Crippen molar-refractivity contribution in [1.29, 1.82) is 0 Å². The zero-order valence-electron chi connectivity index (χ0n) is 22.7. The van der Waals surface area contributed by atoms with Gasteiger partial charge in [-0.05, 0) is 56.2 Å². The number of carbonyl (C=O) groups excluding carboxylic acids is 1. The molecule has 1 saturated heterocycles. The minimum Gasteiger partial charge on any atom is -0.350 e. The Bertz CT molecular complexity index is 1690. The third-order valence-corrected chi connectivity index (χ3v) is 7.52. The summed E-state index contributed by atoms with van der Waals surface area (Å²) in [6.07, 6.45) is 4.50. The van der Waals surface area contributed by atoms with Crippen molar-refractivity contribution in [2.75, 3.05) is 24.5 Å². The molecule has 0 bridgehead atoms. The largest absolute Gasteiger partial charge is 0.355 e. The number of halogens is 2. The Morgan fingerprint density at radius 1 is 1.23 bits per heavy atom. The number of rotatable bonds is 6. The molecule has 0 unspecified atom stereocenters. The number of benzene rings is 1. The van der Waals surface area contributed by atoms with Gasteiger partial charge in [0.05, 0.1) is 27.5 Å². The predicted molar refractivity (Wildman–Crippen MR) is 156 cm³/mol. The maximum Gasteiger partial charge on any atom is 0.355 e. The summed E-state index contributed by atoms with van der Waals surface area (Å²) < 4.78 is 16.4. The van der Waals surface area contributed by atoms with E-state index in [2.05, 4.69) is 16.5 Å². The van der Waals surface area contributed by atoms with E-state index in [9.17, 15) is 14.0 Å². The Balaban J connectivity index is 1.80. The van der Waals surface area contributed by atoms with Gasteiger partial charge >= 0.3 is 5.69 Å². The predicted octanol–water partition coefficient (Wildman–Crippen LogP) is 5.12. The number of anilines is 1. The minimum atomic E-state index is -0.526. The summed E-state index contributed by atoms with van der Waals surface area (Å²) >= 11 is 6.75. The van der Waals surface area contributed by atoms with E-state index in [0.29, 0.717) is 48.6 Å². The van der Waals surface area contributed by atoms with Crippen LogP contribution in [0, 0.1) is 12.7 Å². The molecule has 0 spiro atoms. The maximum absolute atomic E-state index is 14.9. The summed E-state index contributed by atoms with van der Waals surface area (Å²) in [5, 5.41) is 0.779. The number of fused-ring (bicyclic) bond motifs is 1. The fourth-order valence-corrected chi connectivity index (χ4v) is 5.55. The van der Waals surface area contributed by atoms with Gasteiger partial charge in [-0.3, -0.25) is 9.78 Å². The molecule has 1 aliphatic heterocycles. The topological polar surface area (TPSA) is 84.2 Å². The maximum atomic E-state index is 14.9. The van der Waals surface area contributed by atoms with Crippen LogP contribution in [0.1, 0.15) is 31.5 Å². The fraction of sp³-hybridized carbons (Fsp3) is 0.300. The Morgan fingerprint density at radius 2 is 2.00 bits per heavy atom. The van der Waals surface area contributed by atoms with Gasteiger partial charge in [-0.15, -0.1) is 0 Å². The number of nitrogens with zero attached hydrogens (tertiary/aromatic N) is 6. The highest BCUT2D eigenvalue weighted by molar-refractivity contribution is 6.33. The highest BCUT2D eigenvalue weighted by atomic mass is 35.5. The molecular weight excluding hydrogens is 531 g/mol. The second-order valence-electron chi connectivity index (χ2n) is 9.93. The van der Waals surface area contributed by atoms with Crippen molar-refractivity contribution in [2.45, 2.75) is 39.7 Å². The summed E-state index contributed by atoms with van der Waals surface area (Å²) in [7, 11) is 0. The molecule has 0 radical (unpaired) electrons. The van der Waals surface area contributed by atoms with Gasteiger partial charge in [0.1, 0.15) is 11.6 Å². The number of hydrogen-bond acceptors (Lipinski definition) is 6. The van der Waals surface area contributed by atoms with Crippen LogP contribution in [0.15, 0.2) is 60.0 Å². The molecule has 1 atom stereocenters. The molecule has 0 N–H and O–H groups in total. The molecule has 10 heteroatoms. The molecule has 3 aromatic heterocycles. The van der Waals surface area contributed by atoms with Crippen molar-refractivity contribution in [3.8, 4) is 16.9 Å². The Morgan fingerprint density at radius 3 is 2.70 bits per heavy atom. The highest BCUT2D eigenvalue weighted by Gasteiger charge is 2.30. The van der Waals surface area contributed by atoms with E-state index in [4.69, 9.17) is 16.6 Å². The molecule has 4 aromatic rings. The van der Waals surface area contributed by atoms with Gasteiger partial charge in [0, 0.05) is 37.4 Å². The van der Waals surface area contributed by atoms with E-state index in [-0.39, 0.29) is 28.2 Å². The van der Waals surface area contributed by atoms with Crippen molar-refractivity contribution >= 4 is 34.4 Å². The quantitative estimate of drug-likeness (QED) is 0.304. The number of amides is 1. The second-order valence-corrected chi connectivity index (χ2v) is 10.3. The van der Waals surface area contributed by atoms with Crippen molar-refractivity contribution in [2.24, 2.45) is 0 Å². The van der Waals surface area contributed by atoms with E-state index in [1.807, 2.05) is 31.7 Å². The second kappa shape index (κ2) is 11.2. The third kappa shape index (κ3) is 4.86. The van der Waals surface area contributed by atoms with Gasteiger partial charge in [-0.25, -0.2) is 18.7 Å². The van der Waals surface area contributed by atoms with Crippen molar-refractivity contribution in [1.82, 2.24) is 24.4 Å². The van der Waals surface area contributed by atoms with Crippen LogP contribution >= 0.6 is 11.6 Å². The van der Waals surface area contributed by atoms with Crippen LogP contribution in [0.4, 0.5) is 10.2 Å². The van der Waals surface area contributed by atoms with E-state index >= 15 is 0 Å². The van der Waals surface area contributed by atoms with Crippen LogP contribution in [0.5, 0.6) is 0 Å². The van der Waals surface area contributed by atoms with Gasteiger partial charge in [0.25, 0.3) is 0 Å². The highest BCUT2D eigenvalue weighted by Crippen LogP contribution is 2.35. The van der Waals surface area contributed by atoms with Crippen molar-refractivity contribution in [3.05, 3.63) is 87.8 Å². The SMILES string of the molecule is C=CC(=O)N1CCN(c2nc(=O)n(-c3c(C)ccnc3CCC)c3nc(-c4ccccc4F)c(Cl)cc23)[C@@H](C)C1. The van der Waals surface area contributed by atoms with Crippen molar-refractivity contribution in [3.63, 3.8) is 0 Å². The third-order valence-electron chi connectivity index (χ3n) is 7.23. The number of piperazine rings is 1. The van der Waals surface area contributed by atoms with Gasteiger partial charge in [-0.2, -0.15) is 4.98 Å². The molecule has 5 rings (SSSR count). The summed E-state index contributed by atoms with van der Waals surface area (Å²) in [6.45, 7) is 10.8. The van der Waals surface area contributed by atoms with Crippen LogP contribution in [0.25, 0.3) is 28.0 Å². The van der Waals surface area contributed by atoms with Gasteiger partial charge in [0.15, 0.2) is 5.65 Å².